The predicted molar refractivity (Wildman–Crippen MR) is 80.6 cm³/mol. The zero-order chi connectivity index (χ0) is 17.0. The van der Waals surface area contributed by atoms with Gasteiger partial charge in [-0.15, -0.1) is 0 Å². The van der Waals surface area contributed by atoms with Gasteiger partial charge in [0.05, 0.1) is 18.1 Å². The minimum absolute atomic E-state index is 0.0488. The highest BCUT2D eigenvalue weighted by Gasteiger charge is 2.33. The second-order valence-electron chi connectivity index (χ2n) is 4.95. The number of carboxylic acid groups (broad SMARTS) is 1. The number of sulfonamides is 1. The largest absolute Gasteiger partial charge is 0.480 e. The first-order valence-corrected chi connectivity index (χ1v) is 8.56. The van der Waals surface area contributed by atoms with E-state index in [1.807, 2.05) is 0 Å². The van der Waals surface area contributed by atoms with Crippen molar-refractivity contribution in [2.45, 2.75) is 17.9 Å². The quantitative estimate of drug-likeness (QED) is 0.773. The summed E-state index contributed by atoms with van der Waals surface area (Å²) in [5, 5.41) is 9.15. The van der Waals surface area contributed by atoms with E-state index in [1.54, 1.807) is 6.92 Å². The van der Waals surface area contributed by atoms with Crippen molar-refractivity contribution in [3.63, 3.8) is 0 Å². The SMILES string of the molecule is CCNS(=O)(=O)c1ccc(C(=O)N2CCOCC2C(=O)O)cc1. The summed E-state index contributed by atoms with van der Waals surface area (Å²) in [7, 11) is -3.59. The Bertz CT molecular complexity index is 686. The summed E-state index contributed by atoms with van der Waals surface area (Å²) in [6, 6.07) is 4.35. The molecule has 1 aromatic rings. The zero-order valence-electron chi connectivity index (χ0n) is 12.6. The van der Waals surface area contributed by atoms with E-state index in [0.717, 1.165) is 0 Å². The molecule has 9 heteroatoms. The highest BCUT2D eigenvalue weighted by Crippen LogP contribution is 2.15. The standard InChI is InChI=1S/C14H18N2O6S/c1-2-15-23(20,21)11-5-3-10(4-6-11)13(17)16-7-8-22-9-12(16)14(18)19/h3-6,12,15H,2,7-9H2,1H3,(H,18,19). The van der Waals surface area contributed by atoms with Gasteiger partial charge in [-0.2, -0.15) is 0 Å². The third kappa shape index (κ3) is 3.87. The molecule has 2 N–H and O–H groups in total. The van der Waals surface area contributed by atoms with Crippen LogP contribution in [0.15, 0.2) is 29.2 Å². The molecule has 0 aromatic heterocycles. The first kappa shape index (κ1) is 17.4. The number of ether oxygens (including phenoxy) is 1. The summed E-state index contributed by atoms with van der Waals surface area (Å²) in [6.07, 6.45) is 0. The van der Waals surface area contributed by atoms with Crippen molar-refractivity contribution in [2.24, 2.45) is 0 Å². The summed E-state index contributed by atoms with van der Waals surface area (Å²) >= 11 is 0. The number of amides is 1. The maximum atomic E-state index is 12.4. The summed E-state index contributed by atoms with van der Waals surface area (Å²) in [4.78, 5) is 24.9. The molecule has 1 saturated heterocycles. The lowest BCUT2D eigenvalue weighted by Gasteiger charge is -2.32. The molecule has 0 radical (unpaired) electrons. The molecule has 23 heavy (non-hydrogen) atoms. The first-order valence-electron chi connectivity index (χ1n) is 7.08. The van der Waals surface area contributed by atoms with E-state index in [0.29, 0.717) is 0 Å². The number of carbonyl (C=O) groups excluding carboxylic acids is 1. The Balaban J connectivity index is 2.21. The molecule has 0 bridgehead atoms. The van der Waals surface area contributed by atoms with Crippen molar-refractivity contribution in [1.29, 1.82) is 0 Å². The van der Waals surface area contributed by atoms with E-state index in [-0.39, 0.29) is 36.8 Å². The minimum Gasteiger partial charge on any atom is -0.480 e. The molecular formula is C14H18N2O6S. The number of hydrogen-bond donors (Lipinski definition) is 2. The van der Waals surface area contributed by atoms with Crippen LogP contribution in [0.3, 0.4) is 0 Å². The monoisotopic (exact) mass is 342 g/mol. The highest BCUT2D eigenvalue weighted by atomic mass is 32.2. The summed E-state index contributed by atoms with van der Waals surface area (Å²) in [6.45, 7) is 2.31. The maximum absolute atomic E-state index is 12.4. The van der Waals surface area contributed by atoms with Gasteiger partial charge in [-0.1, -0.05) is 6.92 Å². The Morgan fingerprint density at radius 3 is 2.57 bits per heavy atom. The highest BCUT2D eigenvalue weighted by molar-refractivity contribution is 7.89. The lowest BCUT2D eigenvalue weighted by atomic mass is 10.1. The van der Waals surface area contributed by atoms with Gasteiger partial charge < -0.3 is 14.7 Å². The smallest absolute Gasteiger partial charge is 0.328 e. The van der Waals surface area contributed by atoms with Crippen LogP contribution in [0.1, 0.15) is 17.3 Å². The Labute approximate surface area is 134 Å². The molecule has 1 atom stereocenters. The summed E-state index contributed by atoms with van der Waals surface area (Å²) < 4.78 is 31.2. The van der Waals surface area contributed by atoms with Gasteiger partial charge in [0.25, 0.3) is 5.91 Å². The lowest BCUT2D eigenvalue weighted by molar-refractivity contribution is -0.147. The van der Waals surface area contributed by atoms with Crippen molar-refractivity contribution in [3.05, 3.63) is 29.8 Å². The number of carboxylic acids is 1. The fourth-order valence-electron chi connectivity index (χ4n) is 2.27. The van der Waals surface area contributed by atoms with E-state index in [4.69, 9.17) is 9.84 Å². The van der Waals surface area contributed by atoms with Crippen molar-refractivity contribution in [2.75, 3.05) is 26.3 Å². The van der Waals surface area contributed by atoms with Crippen LogP contribution in [0.4, 0.5) is 0 Å². The molecule has 1 aliphatic rings. The van der Waals surface area contributed by atoms with Gasteiger partial charge >= 0.3 is 5.97 Å². The predicted octanol–water partition coefficient (Wildman–Crippen LogP) is -0.0896. The van der Waals surface area contributed by atoms with Gasteiger partial charge in [0.1, 0.15) is 0 Å². The second-order valence-corrected chi connectivity index (χ2v) is 6.72. The van der Waals surface area contributed by atoms with Crippen LogP contribution in [0.2, 0.25) is 0 Å². The average Bonchev–Trinajstić information content (AvgIpc) is 2.54. The molecule has 0 saturated carbocycles. The molecular weight excluding hydrogens is 324 g/mol. The number of nitrogens with one attached hydrogen (secondary N) is 1. The van der Waals surface area contributed by atoms with Gasteiger partial charge in [0.15, 0.2) is 6.04 Å². The minimum atomic E-state index is -3.59. The van der Waals surface area contributed by atoms with Crippen LogP contribution in [0, 0.1) is 0 Å². The number of hydrogen-bond acceptors (Lipinski definition) is 5. The third-order valence-corrected chi connectivity index (χ3v) is 4.98. The Kier molecular flexibility index (Phi) is 5.34. The molecule has 126 valence electrons. The topological polar surface area (TPSA) is 113 Å². The van der Waals surface area contributed by atoms with Crippen LogP contribution in [-0.2, 0) is 19.6 Å². The molecule has 1 unspecified atom stereocenters. The van der Waals surface area contributed by atoms with Gasteiger partial charge in [-0.25, -0.2) is 17.9 Å². The van der Waals surface area contributed by atoms with Gasteiger partial charge in [0.2, 0.25) is 10.0 Å². The zero-order valence-corrected chi connectivity index (χ0v) is 13.4. The third-order valence-electron chi connectivity index (χ3n) is 3.42. The number of aliphatic carboxylic acids is 1. The van der Waals surface area contributed by atoms with Crippen LogP contribution < -0.4 is 4.72 Å². The van der Waals surface area contributed by atoms with Crippen LogP contribution in [-0.4, -0.2) is 62.6 Å². The maximum Gasteiger partial charge on any atom is 0.328 e. The Morgan fingerprint density at radius 2 is 2.00 bits per heavy atom. The molecule has 1 aromatic carbocycles. The molecule has 8 nitrogen and oxygen atoms in total. The van der Waals surface area contributed by atoms with Crippen LogP contribution in [0.25, 0.3) is 0 Å². The number of morpholine rings is 1. The molecule has 1 fully saturated rings. The van der Waals surface area contributed by atoms with E-state index in [2.05, 4.69) is 4.72 Å². The van der Waals surface area contributed by atoms with Crippen molar-refractivity contribution in [3.8, 4) is 0 Å². The fourth-order valence-corrected chi connectivity index (χ4v) is 3.31. The van der Waals surface area contributed by atoms with E-state index < -0.39 is 27.9 Å². The van der Waals surface area contributed by atoms with Gasteiger partial charge in [0, 0.05) is 18.7 Å². The average molecular weight is 342 g/mol. The molecule has 0 aliphatic carbocycles. The fraction of sp³-hybridized carbons (Fsp3) is 0.429. The molecule has 0 spiro atoms. The van der Waals surface area contributed by atoms with Crippen LogP contribution >= 0.6 is 0 Å². The normalized spacial score (nSPS) is 18.7. The van der Waals surface area contributed by atoms with E-state index in [9.17, 15) is 18.0 Å². The van der Waals surface area contributed by atoms with Gasteiger partial charge in [-0.05, 0) is 24.3 Å². The van der Waals surface area contributed by atoms with Crippen molar-refractivity contribution < 1.29 is 27.9 Å². The first-order chi connectivity index (χ1) is 10.9. The molecule has 1 amide bonds. The van der Waals surface area contributed by atoms with Gasteiger partial charge in [-0.3, -0.25) is 4.79 Å². The van der Waals surface area contributed by atoms with E-state index in [1.165, 1.54) is 29.2 Å². The molecule has 2 rings (SSSR count). The second kappa shape index (κ2) is 7.07. The van der Waals surface area contributed by atoms with E-state index >= 15 is 0 Å². The Morgan fingerprint density at radius 1 is 1.35 bits per heavy atom. The van der Waals surface area contributed by atoms with Crippen LogP contribution in [0.5, 0.6) is 0 Å². The summed E-state index contributed by atoms with van der Waals surface area (Å²) in [5.41, 5.74) is 0.230. The summed E-state index contributed by atoms with van der Waals surface area (Å²) in [5.74, 6) is -1.60. The lowest BCUT2D eigenvalue weighted by Crippen LogP contribution is -2.52. The van der Waals surface area contributed by atoms with Crippen molar-refractivity contribution >= 4 is 21.9 Å². The number of nitrogens with zero attached hydrogens (tertiary/aromatic N) is 1. The van der Waals surface area contributed by atoms with Crippen molar-refractivity contribution in [1.82, 2.24) is 9.62 Å². The number of rotatable bonds is 5. The molecule has 1 aliphatic heterocycles. The molecule has 1 heterocycles. The number of carbonyl (C=O) groups is 2. The number of benzene rings is 1. The Hall–Kier alpha value is -1.97.